The molecule has 0 saturated carbocycles. The Kier molecular flexibility index (Phi) is 8.68. The van der Waals surface area contributed by atoms with Gasteiger partial charge in [-0.1, -0.05) is 50.2 Å². The molecule has 0 aliphatic carbocycles. The lowest BCUT2D eigenvalue weighted by molar-refractivity contribution is 0.474. The number of hydrogen-bond acceptors (Lipinski definition) is 6. The molecule has 34 heavy (non-hydrogen) atoms. The molecule has 0 aliphatic rings. The Labute approximate surface area is 198 Å². The first-order valence-corrected chi connectivity index (χ1v) is 11.0. The number of nitrogens with zero attached hydrogens (tertiary/aromatic N) is 3. The van der Waals surface area contributed by atoms with Crippen LogP contribution in [-0.4, -0.2) is 45.7 Å². The van der Waals surface area contributed by atoms with Gasteiger partial charge in [0.05, 0.1) is 24.1 Å². The highest BCUT2D eigenvalue weighted by Crippen LogP contribution is 2.14. The SMILES string of the molecule is CC(C)c1nc2ccccc2[nH]c1=O.Oc1ccccc1C=NCCN=Cc1ccccc1O. The first-order valence-electron chi connectivity index (χ1n) is 11.0. The van der Waals surface area contributed by atoms with Gasteiger partial charge in [0.25, 0.3) is 5.56 Å². The van der Waals surface area contributed by atoms with Gasteiger partial charge in [-0.25, -0.2) is 4.98 Å². The van der Waals surface area contributed by atoms with E-state index in [9.17, 15) is 15.0 Å². The van der Waals surface area contributed by atoms with Crippen LogP contribution < -0.4 is 5.56 Å². The minimum atomic E-state index is -0.0845. The van der Waals surface area contributed by atoms with Crippen LogP contribution in [0, 0.1) is 0 Å². The molecule has 3 aromatic carbocycles. The molecule has 1 heterocycles. The van der Waals surface area contributed by atoms with Gasteiger partial charge in [0, 0.05) is 29.5 Å². The van der Waals surface area contributed by atoms with Crippen molar-refractivity contribution >= 4 is 23.5 Å². The Morgan fingerprint density at radius 2 is 1.32 bits per heavy atom. The second kappa shape index (κ2) is 12.1. The molecule has 7 nitrogen and oxygen atoms in total. The lowest BCUT2D eigenvalue weighted by Gasteiger charge is -2.04. The van der Waals surface area contributed by atoms with Crippen LogP contribution in [0.15, 0.2) is 87.6 Å². The third-order valence-electron chi connectivity index (χ3n) is 4.87. The Bertz CT molecular complexity index is 1290. The van der Waals surface area contributed by atoms with Crippen molar-refractivity contribution in [3.63, 3.8) is 0 Å². The molecular formula is C27H28N4O3. The van der Waals surface area contributed by atoms with Crippen molar-refractivity contribution in [3.8, 4) is 11.5 Å². The Balaban J connectivity index is 0.000000202. The molecule has 0 amide bonds. The number of para-hydroxylation sites is 4. The van der Waals surface area contributed by atoms with E-state index in [0.29, 0.717) is 29.9 Å². The number of aliphatic imine (C=N–C) groups is 2. The fraction of sp³-hybridized carbons (Fsp3) is 0.185. The smallest absolute Gasteiger partial charge is 0.270 e. The predicted molar refractivity (Wildman–Crippen MR) is 138 cm³/mol. The number of rotatable bonds is 6. The van der Waals surface area contributed by atoms with Crippen molar-refractivity contribution in [1.29, 1.82) is 0 Å². The van der Waals surface area contributed by atoms with Crippen LogP contribution in [-0.2, 0) is 0 Å². The van der Waals surface area contributed by atoms with Gasteiger partial charge in [-0.15, -0.1) is 0 Å². The number of phenolic OH excluding ortho intramolecular Hbond substituents is 2. The van der Waals surface area contributed by atoms with Crippen molar-refractivity contribution in [3.05, 3.63) is 100.0 Å². The molecule has 0 radical (unpaired) electrons. The number of hydrogen-bond donors (Lipinski definition) is 3. The van der Waals surface area contributed by atoms with E-state index >= 15 is 0 Å². The number of H-pyrrole nitrogens is 1. The van der Waals surface area contributed by atoms with Crippen molar-refractivity contribution in [2.24, 2.45) is 9.98 Å². The van der Waals surface area contributed by atoms with Crippen LogP contribution in [0.1, 0.15) is 36.6 Å². The summed E-state index contributed by atoms with van der Waals surface area (Å²) < 4.78 is 0. The van der Waals surface area contributed by atoms with Crippen molar-refractivity contribution in [2.75, 3.05) is 13.1 Å². The third-order valence-corrected chi connectivity index (χ3v) is 4.87. The second-order valence-electron chi connectivity index (χ2n) is 7.81. The highest BCUT2D eigenvalue weighted by atomic mass is 16.3. The van der Waals surface area contributed by atoms with E-state index in [1.54, 1.807) is 48.8 Å². The molecule has 0 saturated heterocycles. The summed E-state index contributed by atoms with van der Waals surface area (Å²) in [6.45, 7) is 4.98. The Morgan fingerprint density at radius 3 is 1.85 bits per heavy atom. The molecule has 0 atom stereocenters. The van der Waals surface area contributed by atoms with E-state index in [1.165, 1.54) is 0 Å². The summed E-state index contributed by atoms with van der Waals surface area (Å²) in [5.41, 5.74) is 3.54. The molecule has 0 fully saturated rings. The maximum Gasteiger partial charge on any atom is 0.270 e. The van der Waals surface area contributed by atoms with Crippen molar-refractivity contribution in [1.82, 2.24) is 9.97 Å². The maximum absolute atomic E-state index is 11.6. The molecule has 174 valence electrons. The number of fused-ring (bicyclic) bond motifs is 1. The lowest BCUT2D eigenvalue weighted by atomic mass is 10.1. The molecule has 0 aliphatic heterocycles. The largest absolute Gasteiger partial charge is 0.507 e. The summed E-state index contributed by atoms with van der Waals surface area (Å²) in [5, 5.41) is 19.1. The van der Waals surface area contributed by atoms with E-state index in [2.05, 4.69) is 20.0 Å². The normalized spacial score (nSPS) is 11.3. The quantitative estimate of drug-likeness (QED) is 0.289. The highest BCUT2D eigenvalue weighted by molar-refractivity contribution is 5.84. The average Bonchev–Trinajstić information content (AvgIpc) is 2.83. The molecule has 0 unspecified atom stereocenters. The van der Waals surface area contributed by atoms with Gasteiger partial charge in [0.15, 0.2) is 0 Å². The van der Waals surface area contributed by atoms with Crippen LogP contribution in [0.5, 0.6) is 11.5 Å². The lowest BCUT2D eigenvalue weighted by Crippen LogP contribution is -2.16. The van der Waals surface area contributed by atoms with E-state index in [1.807, 2.05) is 50.2 Å². The number of nitrogens with one attached hydrogen (secondary N) is 1. The van der Waals surface area contributed by atoms with E-state index in [0.717, 1.165) is 11.0 Å². The number of aromatic hydroxyl groups is 2. The van der Waals surface area contributed by atoms with Crippen molar-refractivity contribution < 1.29 is 10.2 Å². The van der Waals surface area contributed by atoms with Gasteiger partial charge < -0.3 is 15.2 Å². The van der Waals surface area contributed by atoms with Gasteiger partial charge in [-0.3, -0.25) is 14.8 Å². The van der Waals surface area contributed by atoms with Gasteiger partial charge >= 0.3 is 0 Å². The first-order chi connectivity index (χ1) is 16.5. The van der Waals surface area contributed by atoms with Crippen LogP contribution in [0.25, 0.3) is 11.0 Å². The molecular weight excluding hydrogens is 428 g/mol. The van der Waals surface area contributed by atoms with Gasteiger partial charge in [-0.2, -0.15) is 0 Å². The molecule has 7 heteroatoms. The summed E-state index contributed by atoms with van der Waals surface area (Å²) in [6.07, 6.45) is 3.26. The summed E-state index contributed by atoms with van der Waals surface area (Å²) >= 11 is 0. The van der Waals surface area contributed by atoms with Crippen molar-refractivity contribution in [2.45, 2.75) is 19.8 Å². The van der Waals surface area contributed by atoms with Crippen LogP contribution >= 0.6 is 0 Å². The summed E-state index contributed by atoms with van der Waals surface area (Å²) in [5.74, 6) is 0.589. The number of benzene rings is 3. The minimum absolute atomic E-state index is 0.0845. The average molecular weight is 457 g/mol. The third kappa shape index (κ3) is 6.87. The van der Waals surface area contributed by atoms with E-state index < -0.39 is 0 Å². The summed E-state index contributed by atoms with van der Waals surface area (Å²) in [4.78, 5) is 27.1. The monoisotopic (exact) mass is 456 g/mol. The van der Waals surface area contributed by atoms with E-state index in [-0.39, 0.29) is 23.0 Å². The van der Waals surface area contributed by atoms with Gasteiger partial charge in [0.2, 0.25) is 0 Å². The minimum Gasteiger partial charge on any atom is -0.507 e. The van der Waals surface area contributed by atoms with Crippen LogP contribution in [0.2, 0.25) is 0 Å². The molecule has 4 rings (SSSR count). The standard InChI is InChI=1S/C16H16N2O2.C11H12N2O/c19-15-7-3-1-5-13(15)11-17-9-10-18-12-14-6-2-4-8-16(14)20;1-7(2)10-11(14)13-9-6-4-3-5-8(9)12-10/h1-8,11-12,19-20H,9-10H2;3-7H,1-2H3,(H,13,14). The number of aromatic nitrogens is 2. The highest BCUT2D eigenvalue weighted by Gasteiger charge is 2.07. The first kappa shape index (κ1) is 24.4. The van der Waals surface area contributed by atoms with Gasteiger partial charge in [0.1, 0.15) is 17.2 Å². The number of aromatic amines is 1. The zero-order chi connectivity index (χ0) is 24.3. The van der Waals surface area contributed by atoms with Gasteiger partial charge in [-0.05, 0) is 36.4 Å². The molecule has 0 spiro atoms. The van der Waals surface area contributed by atoms with Crippen LogP contribution in [0.3, 0.4) is 0 Å². The van der Waals surface area contributed by atoms with E-state index in [4.69, 9.17) is 0 Å². The fourth-order valence-electron chi connectivity index (χ4n) is 3.07. The topological polar surface area (TPSA) is 111 Å². The molecule has 0 bridgehead atoms. The molecule has 1 aromatic heterocycles. The van der Waals surface area contributed by atoms with Crippen LogP contribution in [0.4, 0.5) is 0 Å². The Morgan fingerprint density at radius 1 is 0.824 bits per heavy atom. The number of phenols is 2. The molecule has 3 N–H and O–H groups in total. The zero-order valence-electron chi connectivity index (χ0n) is 19.2. The summed E-state index contributed by atoms with van der Waals surface area (Å²) in [7, 11) is 0. The molecule has 4 aromatic rings. The zero-order valence-corrected chi connectivity index (χ0v) is 19.2. The Hall–Kier alpha value is -4.26. The fourth-order valence-corrected chi connectivity index (χ4v) is 3.07. The summed E-state index contributed by atoms with van der Waals surface area (Å²) in [6, 6.07) is 21.6. The second-order valence-corrected chi connectivity index (χ2v) is 7.81. The maximum atomic E-state index is 11.6. The predicted octanol–water partition coefficient (Wildman–Crippen LogP) is 4.68.